The molecule has 0 aliphatic heterocycles. The molecule has 0 aliphatic rings. The predicted molar refractivity (Wildman–Crippen MR) is 67.8 cm³/mol. The third-order valence-electron chi connectivity index (χ3n) is 3.66. The summed E-state index contributed by atoms with van der Waals surface area (Å²) in [6.07, 6.45) is 1.47. The van der Waals surface area contributed by atoms with E-state index in [0.717, 1.165) is 12.8 Å². The summed E-state index contributed by atoms with van der Waals surface area (Å²) < 4.78 is 5.91. The molecule has 104 valence electrons. The van der Waals surface area contributed by atoms with Gasteiger partial charge in [0.15, 0.2) is 0 Å². The minimum Gasteiger partial charge on any atom is -0.396 e. The van der Waals surface area contributed by atoms with E-state index in [4.69, 9.17) is 4.74 Å². The highest BCUT2D eigenvalue weighted by Gasteiger charge is 2.41. The van der Waals surface area contributed by atoms with Crippen LogP contribution in [0.25, 0.3) is 0 Å². The molecule has 3 unspecified atom stereocenters. The van der Waals surface area contributed by atoms with Crippen LogP contribution in [-0.2, 0) is 4.74 Å². The molecule has 0 spiro atoms. The van der Waals surface area contributed by atoms with Crippen LogP contribution in [0, 0.1) is 11.3 Å². The molecule has 0 bridgehead atoms. The van der Waals surface area contributed by atoms with Gasteiger partial charge in [-0.3, -0.25) is 0 Å². The van der Waals surface area contributed by atoms with Gasteiger partial charge in [-0.25, -0.2) is 0 Å². The normalized spacial score (nSPS) is 17.8. The minimum atomic E-state index is -0.959. The van der Waals surface area contributed by atoms with Gasteiger partial charge in [-0.2, -0.15) is 0 Å². The molecule has 0 heterocycles. The van der Waals surface area contributed by atoms with Crippen molar-refractivity contribution < 1.29 is 20.1 Å². The molecular weight excluding hydrogens is 220 g/mol. The SMILES string of the molecule is CCC(C)OC(C(C)CC)C(CO)(CO)CO. The van der Waals surface area contributed by atoms with Gasteiger partial charge in [0.05, 0.1) is 37.4 Å². The van der Waals surface area contributed by atoms with Gasteiger partial charge in [0.1, 0.15) is 0 Å². The van der Waals surface area contributed by atoms with Gasteiger partial charge in [-0.1, -0.05) is 27.2 Å². The average molecular weight is 248 g/mol. The second-order valence-electron chi connectivity index (χ2n) is 5.00. The highest BCUT2D eigenvalue weighted by molar-refractivity contribution is 4.89. The average Bonchev–Trinajstić information content (AvgIpc) is 2.38. The van der Waals surface area contributed by atoms with E-state index in [1.165, 1.54) is 0 Å². The smallest absolute Gasteiger partial charge is 0.0726 e. The highest BCUT2D eigenvalue weighted by Crippen LogP contribution is 2.31. The highest BCUT2D eigenvalue weighted by atomic mass is 16.5. The lowest BCUT2D eigenvalue weighted by Crippen LogP contribution is -2.50. The molecule has 0 amide bonds. The van der Waals surface area contributed by atoms with Crippen molar-refractivity contribution in [3.63, 3.8) is 0 Å². The van der Waals surface area contributed by atoms with E-state index in [0.29, 0.717) is 0 Å². The quantitative estimate of drug-likeness (QED) is 0.573. The summed E-state index contributed by atoms with van der Waals surface area (Å²) in [5.74, 6) is 0.176. The van der Waals surface area contributed by atoms with Crippen LogP contribution in [0.2, 0.25) is 0 Å². The fourth-order valence-corrected chi connectivity index (χ4v) is 1.86. The van der Waals surface area contributed by atoms with E-state index in [1.54, 1.807) is 0 Å². The molecule has 0 radical (unpaired) electrons. The van der Waals surface area contributed by atoms with E-state index < -0.39 is 5.41 Å². The Kier molecular flexibility index (Phi) is 7.96. The van der Waals surface area contributed by atoms with Crippen molar-refractivity contribution in [3.05, 3.63) is 0 Å². The molecule has 4 heteroatoms. The Hall–Kier alpha value is -0.160. The number of hydrogen-bond donors (Lipinski definition) is 3. The third-order valence-corrected chi connectivity index (χ3v) is 3.66. The maximum absolute atomic E-state index is 9.48. The number of ether oxygens (including phenoxy) is 1. The predicted octanol–water partition coefficient (Wildman–Crippen LogP) is 1.18. The molecule has 3 N–H and O–H groups in total. The summed E-state index contributed by atoms with van der Waals surface area (Å²) in [4.78, 5) is 0. The zero-order chi connectivity index (χ0) is 13.5. The summed E-state index contributed by atoms with van der Waals surface area (Å²) in [6.45, 7) is 7.22. The molecule has 0 aromatic heterocycles. The number of hydrogen-bond acceptors (Lipinski definition) is 4. The topological polar surface area (TPSA) is 69.9 Å². The zero-order valence-corrected chi connectivity index (χ0v) is 11.5. The van der Waals surface area contributed by atoms with Gasteiger partial charge in [0.2, 0.25) is 0 Å². The van der Waals surface area contributed by atoms with Gasteiger partial charge < -0.3 is 20.1 Å². The van der Waals surface area contributed by atoms with Crippen LogP contribution in [0.4, 0.5) is 0 Å². The summed E-state index contributed by atoms with van der Waals surface area (Å²) in [5, 5.41) is 28.4. The lowest BCUT2D eigenvalue weighted by Gasteiger charge is -2.40. The Morgan fingerprint density at radius 3 is 1.71 bits per heavy atom. The molecule has 4 nitrogen and oxygen atoms in total. The van der Waals surface area contributed by atoms with Crippen molar-refractivity contribution in [2.24, 2.45) is 11.3 Å². The van der Waals surface area contributed by atoms with Gasteiger partial charge in [-0.05, 0) is 19.3 Å². The number of rotatable bonds is 9. The first-order valence-corrected chi connectivity index (χ1v) is 6.49. The Morgan fingerprint density at radius 1 is 0.941 bits per heavy atom. The fraction of sp³-hybridized carbons (Fsp3) is 1.00. The first-order chi connectivity index (χ1) is 8.01. The molecule has 0 aromatic rings. The summed E-state index contributed by atoms with van der Waals surface area (Å²) in [7, 11) is 0. The summed E-state index contributed by atoms with van der Waals surface area (Å²) in [5.41, 5.74) is -0.959. The monoisotopic (exact) mass is 248 g/mol. The van der Waals surface area contributed by atoms with Crippen molar-refractivity contribution in [3.8, 4) is 0 Å². The Labute approximate surface area is 105 Å². The molecule has 0 fully saturated rings. The number of aliphatic hydroxyl groups excluding tert-OH is 3. The molecule has 0 saturated heterocycles. The van der Waals surface area contributed by atoms with Crippen molar-refractivity contribution in [1.82, 2.24) is 0 Å². The zero-order valence-electron chi connectivity index (χ0n) is 11.5. The molecule has 0 aliphatic carbocycles. The first-order valence-electron chi connectivity index (χ1n) is 6.49. The largest absolute Gasteiger partial charge is 0.396 e. The molecular formula is C13H28O4. The molecule has 3 atom stereocenters. The maximum Gasteiger partial charge on any atom is 0.0726 e. The standard InChI is InChI=1S/C13H28O4/c1-5-10(3)12(17-11(4)6-2)13(7-14,8-15)9-16/h10-12,14-16H,5-9H2,1-4H3. The second kappa shape index (κ2) is 8.03. The van der Waals surface area contributed by atoms with Crippen molar-refractivity contribution >= 4 is 0 Å². The van der Waals surface area contributed by atoms with Gasteiger partial charge in [0.25, 0.3) is 0 Å². The Bertz CT molecular complexity index is 184. The van der Waals surface area contributed by atoms with Crippen LogP contribution in [0.15, 0.2) is 0 Å². The fourth-order valence-electron chi connectivity index (χ4n) is 1.86. The van der Waals surface area contributed by atoms with Crippen molar-refractivity contribution in [1.29, 1.82) is 0 Å². The molecule has 17 heavy (non-hydrogen) atoms. The van der Waals surface area contributed by atoms with Crippen LogP contribution >= 0.6 is 0 Å². The van der Waals surface area contributed by atoms with Crippen LogP contribution in [0.5, 0.6) is 0 Å². The Balaban J connectivity index is 4.98. The molecule has 0 rings (SSSR count). The Morgan fingerprint density at radius 2 is 1.41 bits per heavy atom. The maximum atomic E-state index is 9.48. The van der Waals surface area contributed by atoms with Gasteiger partial charge >= 0.3 is 0 Å². The third kappa shape index (κ3) is 4.21. The van der Waals surface area contributed by atoms with Gasteiger partial charge in [-0.15, -0.1) is 0 Å². The van der Waals surface area contributed by atoms with Crippen molar-refractivity contribution in [2.45, 2.75) is 52.7 Å². The lowest BCUT2D eigenvalue weighted by atomic mass is 9.77. The number of aliphatic hydroxyl groups is 3. The molecule has 0 saturated carbocycles. The summed E-state index contributed by atoms with van der Waals surface area (Å²) in [6, 6.07) is 0. The van der Waals surface area contributed by atoms with Crippen molar-refractivity contribution in [2.75, 3.05) is 19.8 Å². The van der Waals surface area contributed by atoms with Crippen LogP contribution < -0.4 is 0 Å². The minimum absolute atomic E-state index is 0.0537. The summed E-state index contributed by atoms with van der Waals surface area (Å²) >= 11 is 0. The molecule has 0 aromatic carbocycles. The van der Waals surface area contributed by atoms with E-state index in [-0.39, 0.29) is 37.9 Å². The van der Waals surface area contributed by atoms with E-state index in [9.17, 15) is 15.3 Å². The van der Waals surface area contributed by atoms with E-state index in [1.807, 2.05) is 27.7 Å². The first kappa shape index (κ1) is 16.8. The van der Waals surface area contributed by atoms with Crippen LogP contribution in [0.1, 0.15) is 40.5 Å². The van der Waals surface area contributed by atoms with Crippen LogP contribution in [0.3, 0.4) is 0 Å². The van der Waals surface area contributed by atoms with Crippen LogP contribution in [-0.4, -0.2) is 47.3 Å². The van der Waals surface area contributed by atoms with Gasteiger partial charge in [0, 0.05) is 0 Å². The van der Waals surface area contributed by atoms with E-state index in [2.05, 4.69) is 0 Å². The lowest BCUT2D eigenvalue weighted by molar-refractivity contribution is -0.154. The van der Waals surface area contributed by atoms with E-state index >= 15 is 0 Å². The second-order valence-corrected chi connectivity index (χ2v) is 5.00.